The van der Waals surface area contributed by atoms with Crippen LogP contribution in [-0.2, 0) is 0 Å². The van der Waals surface area contributed by atoms with Crippen LogP contribution < -0.4 is 11.1 Å². The van der Waals surface area contributed by atoms with Gasteiger partial charge in [0.05, 0.1) is 5.52 Å². The minimum atomic E-state index is 0.596. The Bertz CT molecular complexity index is 571. The van der Waals surface area contributed by atoms with Crippen LogP contribution in [0.4, 0.5) is 11.4 Å². The van der Waals surface area contributed by atoms with Gasteiger partial charge >= 0.3 is 0 Å². The van der Waals surface area contributed by atoms with Gasteiger partial charge in [-0.1, -0.05) is 32.1 Å². The van der Waals surface area contributed by atoms with Crippen LogP contribution in [0.3, 0.4) is 0 Å². The van der Waals surface area contributed by atoms with Crippen LogP contribution in [0.5, 0.6) is 0 Å². The Balaban J connectivity index is 1.82. The number of benzene rings is 1. The fourth-order valence-electron chi connectivity index (χ4n) is 3.11. The second-order valence-corrected chi connectivity index (χ2v) is 5.82. The van der Waals surface area contributed by atoms with E-state index in [9.17, 15) is 0 Å². The molecule has 3 rings (SSSR count). The molecular weight excluding hydrogens is 246 g/mol. The number of hydrogen-bond acceptors (Lipinski definition) is 3. The normalized spacial score (nSPS) is 17.6. The number of pyridine rings is 1. The topological polar surface area (TPSA) is 50.9 Å². The van der Waals surface area contributed by atoms with Gasteiger partial charge in [0.15, 0.2) is 0 Å². The molecule has 1 aromatic heterocycles. The van der Waals surface area contributed by atoms with Crippen molar-refractivity contribution < 1.29 is 0 Å². The second kappa shape index (κ2) is 6.12. The number of aromatic nitrogens is 1. The van der Waals surface area contributed by atoms with E-state index >= 15 is 0 Å². The van der Waals surface area contributed by atoms with E-state index in [2.05, 4.69) is 22.4 Å². The first-order valence-corrected chi connectivity index (χ1v) is 7.74. The number of hydrogen-bond donors (Lipinski definition) is 2. The van der Waals surface area contributed by atoms with E-state index < -0.39 is 0 Å². The summed E-state index contributed by atoms with van der Waals surface area (Å²) >= 11 is 0. The Hall–Kier alpha value is -1.77. The van der Waals surface area contributed by atoms with Gasteiger partial charge in [0.2, 0.25) is 0 Å². The van der Waals surface area contributed by atoms with E-state index in [4.69, 9.17) is 5.73 Å². The molecule has 0 aliphatic heterocycles. The van der Waals surface area contributed by atoms with E-state index in [1.54, 1.807) is 0 Å². The molecule has 3 heteroatoms. The molecule has 2 aromatic rings. The van der Waals surface area contributed by atoms with Crippen LogP contribution in [-0.4, -0.2) is 11.0 Å². The number of fused-ring (bicyclic) bond motifs is 1. The molecule has 0 unspecified atom stereocenters. The van der Waals surface area contributed by atoms with E-state index in [1.807, 2.05) is 18.3 Å². The lowest BCUT2D eigenvalue weighted by atomic mass is 9.96. The average Bonchev–Trinajstić information content (AvgIpc) is 2.41. The number of nitrogens with one attached hydrogen (secondary N) is 1. The molecule has 3 nitrogen and oxygen atoms in total. The Morgan fingerprint density at radius 2 is 1.75 bits per heavy atom. The summed E-state index contributed by atoms with van der Waals surface area (Å²) in [5.41, 5.74) is 8.78. The van der Waals surface area contributed by atoms with E-state index in [-0.39, 0.29) is 0 Å². The highest BCUT2D eigenvalue weighted by Crippen LogP contribution is 2.26. The molecule has 1 aliphatic carbocycles. The third-order valence-corrected chi connectivity index (χ3v) is 4.23. The van der Waals surface area contributed by atoms with Crippen molar-refractivity contribution in [2.75, 3.05) is 11.1 Å². The standard InChI is InChI=1S/C17H23N3/c18-13-8-9-15-16(10-11-19-17(15)12-13)20-14-6-4-2-1-3-5-7-14/h8-12,14H,1-7,18H2,(H,19,20). The van der Waals surface area contributed by atoms with Crippen molar-refractivity contribution in [3.05, 3.63) is 30.5 Å². The van der Waals surface area contributed by atoms with Crippen molar-refractivity contribution in [1.29, 1.82) is 0 Å². The number of rotatable bonds is 2. The zero-order chi connectivity index (χ0) is 13.8. The number of nitrogens with two attached hydrogens (primary N) is 1. The van der Waals surface area contributed by atoms with Gasteiger partial charge in [-0.25, -0.2) is 0 Å². The van der Waals surface area contributed by atoms with Crippen molar-refractivity contribution in [2.24, 2.45) is 0 Å². The van der Waals surface area contributed by atoms with Crippen LogP contribution in [0.25, 0.3) is 10.9 Å². The molecule has 1 fully saturated rings. The highest BCUT2D eigenvalue weighted by molar-refractivity contribution is 5.92. The highest BCUT2D eigenvalue weighted by atomic mass is 14.9. The van der Waals surface area contributed by atoms with Gasteiger partial charge in [0, 0.05) is 29.0 Å². The average molecular weight is 269 g/mol. The Morgan fingerprint density at radius 3 is 2.55 bits per heavy atom. The Labute approximate surface area is 120 Å². The molecule has 3 N–H and O–H groups in total. The summed E-state index contributed by atoms with van der Waals surface area (Å²) in [5.74, 6) is 0. The molecule has 0 bridgehead atoms. The van der Waals surface area contributed by atoms with Crippen LogP contribution in [0, 0.1) is 0 Å². The van der Waals surface area contributed by atoms with Gasteiger partial charge in [-0.15, -0.1) is 0 Å². The second-order valence-electron chi connectivity index (χ2n) is 5.82. The predicted molar refractivity (Wildman–Crippen MR) is 85.9 cm³/mol. The summed E-state index contributed by atoms with van der Waals surface area (Å²) in [7, 11) is 0. The molecule has 1 saturated carbocycles. The van der Waals surface area contributed by atoms with Gasteiger partial charge in [-0.05, 0) is 37.1 Å². The van der Waals surface area contributed by atoms with E-state index in [1.165, 1.54) is 56.0 Å². The van der Waals surface area contributed by atoms with Crippen LogP contribution in [0.1, 0.15) is 44.9 Å². The molecule has 20 heavy (non-hydrogen) atoms. The number of nitrogen functional groups attached to an aromatic ring is 1. The summed E-state index contributed by atoms with van der Waals surface area (Å²) in [6.45, 7) is 0. The number of nitrogens with zero attached hydrogens (tertiary/aromatic N) is 1. The van der Waals surface area contributed by atoms with Gasteiger partial charge in [-0.3, -0.25) is 4.98 Å². The van der Waals surface area contributed by atoms with Gasteiger partial charge in [0.25, 0.3) is 0 Å². The first kappa shape index (κ1) is 13.2. The zero-order valence-corrected chi connectivity index (χ0v) is 11.9. The summed E-state index contributed by atoms with van der Waals surface area (Å²) in [6.07, 6.45) is 11.3. The van der Waals surface area contributed by atoms with E-state index in [0.717, 1.165) is 11.2 Å². The lowest BCUT2D eigenvalue weighted by Crippen LogP contribution is -2.20. The maximum atomic E-state index is 5.84. The van der Waals surface area contributed by atoms with Crippen molar-refractivity contribution >= 4 is 22.3 Å². The fraction of sp³-hybridized carbons (Fsp3) is 0.471. The zero-order valence-electron chi connectivity index (χ0n) is 11.9. The molecule has 0 amide bonds. The quantitative estimate of drug-likeness (QED) is 0.797. The first-order valence-electron chi connectivity index (χ1n) is 7.74. The Morgan fingerprint density at radius 1 is 1.00 bits per heavy atom. The van der Waals surface area contributed by atoms with Crippen LogP contribution in [0.15, 0.2) is 30.5 Å². The van der Waals surface area contributed by atoms with Crippen molar-refractivity contribution in [2.45, 2.75) is 51.0 Å². The van der Waals surface area contributed by atoms with Crippen LogP contribution in [0.2, 0.25) is 0 Å². The maximum Gasteiger partial charge on any atom is 0.0743 e. The highest BCUT2D eigenvalue weighted by Gasteiger charge is 2.12. The third-order valence-electron chi connectivity index (χ3n) is 4.23. The molecule has 0 atom stereocenters. The third kappa shape index (κ3) is 3.03. The summed E-state index contributed by atoms with van der Waals surface area (Å²) in [4.78, 5) is 4.41. The monoisotopic (exact) mass is 269 g/mol. The summed E-state index contributed by atoms with van der Waals surface area (Å²) < 4.78 is 0. The molecule has 0 radical (unpaired) electrons. The van der Waals surface area contributed by atoms with Crippen molar-refractivity contribution in [3.8, 4) is 0 Å². The lowest BCUT2D eigenvalue weighted by molar-refractivity contribution is 0.471. The molecular formula is C17H23N3. The van der Waals surface area contributed by atoms with Gasteiger partial charge in [0.1, 0.15) is 0 Å². The molecule has 0 spiro atoms. The van der Waals surface area contributed by atoms with E-state index in [0.29, 0.717) is 6.04 Å². The molecule has 0 saturated heterocycles. The Kier molecular flexibility index (Phi) is 4.05. The summed E-state index contributed by atoms with van der Waals surface area (Å²) in [6, 6.07) is 8.64. The predicted octanol–water partition coefficient (Wildman–Crippen LogP) is 4.34. The molecule has 1 aliphatic rings. The fourth-order valence-corrected chi connectivity index (χ4v) is 3.11. The molecule has 1 heterocycles. The lowest BCUT2D eigenvalue weighted by Gasteiger charge is -2.23. The van der Waals surface area contributed by atoms with Crippen LogP contribution >= 0.6 is 0 Å². The summed E-state index contributed by atoms with van der Waals surface area (Å²) in [5, 5.41) is 4.90. The van der Waals surface area contributed by atoms with Crippen molar-refractivity contribution in [3.63, 3.8) is 0 Å². The van der Waals surface area contributed by atoms with Gasteiger partial charge < -0.3 is 11.1 Å². The molecule has 106 valence electrons. The van der Waals surface area contributed by atoms with Gasteiger partial charge in [-0.2, -0.15) is 0 Å². The van der Waals surface area contributed by atoms with Crippen molar-refractivity contribution in [1.82, 2.24) is 4.98 Å². The maximum absolute atomic E-state index is 5.84. The SMILES string of the molecule is Nc1ccc2c(NC3CCCCCCC3)ccnc2c1. The minimum Gasteiger partial charge on any atom is -0.399 e. The minimum absolute atomic E-state index is 0.596. The molecule has 1 aromatic carbocycles. The first-order chi connectivity index (χ1) is 9.83. The smallest absolute Gasteiger partial charge is 0.0743 e. The largest absolute Gasteiger partial charge is 0.399 e. The number of anilines is 2.